The van der Waals surface area contributed by atoms with Gasteiger partial charge in [0, 0.05) is 45.9 Å². The highest BCUT2D eigenvalue weighted by Gasteiger charge is 2.24. The number of nitrogens with one attached hydrogen (secondary N) is 2. The van der Waals surface area contributed by atoms with Crippen LogP contribution in [0.2, 0.25) is 0 Å². The van der Waals surface area contributed by atoms with Crippen LogP contribution >= 0.6 is 0 Å². The van der Waals surface area contributed by atoms with E-state index in [-0.39, 0.29) is 0 Å². The number of rotatable bonds is 8. The van der Waals surface area contributed by atoms with Gasteiger partial charge in [0.1, 0.15) is 0 Å². The molecule has 1 atom stereocenters. The number of nitrogens with zero attached hydrogens (tertiary/aromatic N) is 2. The van der Waals surface area contributed by atoms with Crippen LogP contribution < -0.4 is 20.1 Å². The molecule has 3 rings (SSSR count). The van der Waals surface area contributed by atoms with Crippen LogP contribution in [-0.2, 0) is 11.3 Å². The minimum absolute atomic E-state index is 0.465. The molecule has 0 aromatic heterocycles. The molecule has 1 unspecified atom stereocenters. The van der Waals surface area contributed by atoms with Gasteiger partial charge in [-0.1, -0.05) is 6.07 Å². The Morgan fingerprint density at radius 3 is 2.72 bits per heavy atom. The third-order valence-electron chi connectivity index (χ3n) is 5.68. The van der Waals surface area contributed by atoms with Gasteiger partial charge in [-0.05, 0) is 49.8 Å². The highest BCUT2D eigenvalue weighted by atomic mass is 16.5. The number of aliphatic imine (C=N–C) groups is 1. The summed E-state index contributed by atoms with van der Waals surface area (Å²) in [5, 5.41) is 7.01. The Morgan fingerprint density at radius 1 is 1.24 bits per heavy atom. The summed E-state index contributed by atoms with van der Waals surface area (Å²) in [5.74, 6) is 3.10. The van der Waals surface area contributed by atoms with Crippen molar-refractivity contribution in [2.45, 2.75) is 38.8 Å². The average Bonchev–Trinajstić information content (AvgIpc) is 3.26. The summed E-state index contributed by atoms with van der Waals surface area (Å²) in [6, 6.07) is 6.48. The first kappa shape index (κ1) is 21.7. The predicted octanol–water partition coefficient (Wildman–Crippen LogP) is 2.26. The van der Waals surface area contributed by atoms with Crippen LogP contribution in [0.1, 0.15) is 31.7 Å². The maximum atomic E-state index is 5.67. The van der Waals surface area contributed by atoms with E-state index in [0.717, 1.165) is 68.1 Å². The lowest BCUT2D eigenvalue weighted by molar-refractivity contribution is 0.150. The minimum atomic E-state index is 0.465. The Labute approximate surface area is 174 Å². The molecule has 162 valence electrons. The van der Waals surface area contributed by atoms with E-state index < -0.39 is 0 Å². The van der Waals surface area contributed by atoms with E-state index in [1.54, 1.807) is 7.11 Å². The van der Waals surface area contributed by atoms with Gasteiger partial charge in [-0.3, -0.25) is 4.99 Å². The molecule has 0 spiro atoms. The molecule has 0 amide bonds. The van der Waals surface area contributed by atoms with Gasteiger partial charge in [-0.25, -0.2) is 0 Å². The molecule has 7 heteroatoms. The molecular formula is C22H36N4O3. The van der Waals surface area contributed by atoms with Gasteiger partial charge >= 0.3 is 0 Å². The molecule has 2 aliphatic rings. The second-order valence-electron chi connectivity index (χ2n) is 7.79. The molecule has 0 bridgehead atoms. The molecule has 2 aliphatic heterocycles. The topological polar surface area (TPSA) is 67.4 Å². The van der Waals surface area contributed by atoms with Crippen molar-refractivity contribution in [2.75, 3.05) is 53.6 Å². The van der Waals surface area contributed by atoms with Gasteiger partial charge in [0.25, 0.3) is 0 Å². The van der Waals surface area contributed by atoms with Gasteiger partial charge in [0.2, 0.25) is 0 Å². The first-order valence-corrected chi connectivity index (χ1v) is 10.8. The van der Waals surface area contributed by atoms with Gasteiger partial charge in [-0.15, -0.1) is 0 Å². The SMILES string of the molecule is CCOc1cc(CNC(=NC)NC2CCN(CC3CCOC3)CC2)ccc1OC. The molecule has 0 radical (unpaired) electrons. The number of piperidine rings is 1. The van der Waals surface area contributed by atoms with E-state index in [2.05, 4.69) is 20.5 Å². The molecule has 2 heterocycles. The largest absolute Gasteiger partial charge is 0.493 e. The van der Waals surface area contributed by atoms with Crippen LogP contribution in [0, 0.1) is 5.92 Å². The van der Waals surface area contributed by atoms with Crippen molar-refractivity contribution in [3.05, 3.63) is 23.8 Å². The smallest absolute Gasteiger partial charge is 0.191 e. The van der Waals surface area contributed by atoms with Crippen molar-refractivity contribution >= 4 is 5.96 Å². The first-order valence-electron chi connectivity index (χ1n) is 10.8. The fourth-order valence-electron chi connectivity index (χ4n) is 4.03. The highest BCUT2D eigenvalue weighted by Crippen LogP contribution is 2.28. The normalized spacial score (nSPS) is 21.2. The molecular weight excluding hydrogens is 368 g/mol. The number of benzene rings is 1. The number of hydrogen-bond acceptors (Lipinski definition) is 5. The number of ether oxygens (including phenoxy) is 3. The Balaban J connectivity index is 1.43. The van der Waals surface area contributed by atoms with Gasteiger partial charge in [-0.2, -0.15) is 0 Å². The monoisotopic (exact) mass is 404 g/mol. The number of hydrogen-bond donors (Lipinski definition) is 2. The molecule has 2 N–H and O–H groups in total. The molecule has 0 aliphatic carbocycles. The summed E-state index contributed by atoms with van der Waals surface area (Å²) in [6.07, 6.45) is 3.50. The Morgan fingerprint density at radius 2 is 2.07 bits per heavy atom. The van der Waals surface area contributed by atoms with Gasteiger partial charge < -0.3 is 29.7 Å². The third kappa shape index (κ3) is 6.51. The average molecular weight is 405 g/mol. The second kappa shape index (κ2) is 11.3. The van der Waals surface area contributed by atoms with Crippen molar-refractivity contribution in [3.63, 3.8) is 0 Å². The van der Waals surface area contributed by atoms with Gasteiger partial charge in [0.15, 0.2) is 17.5 Å². The van der Waals surface area contributed by atoms with E-state index in [1.807, 2.05) is 32.2 Å². The van der Waals surface area contributed by atoms with E-state index in [0.29, 0.717) is 19.2 Å². The molecule has 0 saturated carbocycles. The van der Waals surface area contributed by atoms with Crippen molar-refractivity contribution in [1.82, 2.24) is 15.5 Å². The zero-order valence-electron chi connectivity index (χ0n) is 18.1. The van der Waals surface area contributed by atoms with Crippen LogP contribution in [0.25, 0.3) is 0 Å². The first-order chi connectivity index (χ1) is 14.2. The predicted molar refractivity (Wildman–Crippen MR) is 116 cm³/mol. The third-order valence-corrected chi connectivity index (χ3v) is 5.68. The van der Waals surface area contributed by atoms with E-state index >= 15 is 0 Å². The Hall–Kier alpha value is -1.99. The van der Waals surface area contributed by atoms with Crippen LogP contribution in [0.5, 0.6) is 11.5 Å². The summed E-state index contributed by atoms with van der Waals surface area (Å²) in [7, 11) is 3.48. The lowest BCUT2D eigenvalue weighted by Crippen LogP contribution is -2.49. The summed E-state index contributed by atoms with van der Waals surface area (Å²) in [5.41, 5.74) is 1.13. The van der Waals surface area contributed by atoms with Gasteiger partial charge in [0.05, 0.1) is 20.3 Å². The van der Waals surface area contributed by atoms with Crippen molar-refractivity contribution in [3.8, 4) is 11.5 Å². The Kier molecular flexibility index (Phi) is 8.43. The van der Waals surface area contributed by atoms with Crippen molar-refractivity contribution in [1.29, 1.82) is 0 Å². The fourth-order valence-corrected chi connectivity index (χ4v) is 4.03. The Bertz CT molecular complexity index is 653. The quantitative estimate of drug-likeness (QED) is 0.512. The molecule has 7 nitrogen and oxygen atoms in total. The molecule has 1 aromatic rings. The zero-order valence-corrected chi connectivity index (χ0v) is 18.1. The summed E-state index contributed by atoms with van der Waals surface area (Å²) in [6.45, 7) is 8.61. The molecule has 2 saturated heterocycles. The lowest BCUT2D eigenvalue weighted by Gasteiger charge is -2.34. The standard InChI is InChI=1S/C22H36N4O3/c1-4-29-21-13-17(5-6-20(21)27-3)14-24-22(23-2)25-19-7-10-26(11-8-19)15-18-9-12-28-16-18/h5-6,13,18-19H,4,7-12,14-16H2,1-3H3,(H2,23,24,25). The van der Waals surface area contributed by atoms with Crippen LogP contribution in [0.4, 0.5) is 0 Å². The number of likely N-dealkylation sites (tertiary alicyclic amines) is 1. The summed E-state index contributed by atoms with van der Waals surface area (Å²) >= 11 is 0. The second-order valence-corrected chi connectivity index (χ2v) is 7.79. The fraction of sp³-hybridized carbons (Fsp3) is 0.682. The maximum absolute atomic E-state index is 5.67. The van der Waals surface area contributed by atoms with Crippen molar-refractivity contribution in [2.24, 2.45) is 10.9 Å². The van der Waals surface area contributed by atoms with Crippen LogP contribution in [0.15, 0.2) is 23.2 Å². The van der Waals surface area contributed by atoms with E-state index in [1.165, 1.54) is 13.0 Å². The lowest BCUT2D eigenvalue weighted by atomic mass is 10.0. The van der Waals surface area contributed by atoms with E-state index in [9.17, 15) is 0 Å². The summed E-state index contributed by atoms with van der Waals surface area (Å²) in [4.78, 5) is 6.98. The number of guanidine groups is 1. The summed E-state index contributed by atoms with van der Waals surface area (Å²) < 4.78 is 16.5. The minimum Gasteiger partial charge on any atom is -0.493 e. The molecule has 1 aromatic carbocycles. The molecule has 29 heavy (non-hydrogen) atoms. The van der Waals surface area contributed by atoms with Crippen molar-refractivity contribution < 1.29 is 14.2 Å². The van der Waals surface area contributed by atoms with Crippen LogP contribution in [0.3, 0.4) is 0 Å². The van der Waals surface area contributed by atoms with Crippen LogP contribution in [-0.4, -0.2) is 70.5 Å². The zero-order chi connectivity index (χ0) is 20.5. The molecule has 2 fully saturated rings. The number of methoxy groups -OCH3 is 1. The maximum Gasteiger partial charge on any atom is 0.191 e. The highest BCUT2D eigenvalue weighted by molar-refractivity contribution is 5.80. The van der Waals surface area contributed by atoms with E-state index in [4.69, 9.17) is 14.2 Å².